The van der Waals surface area contributed by atoms with E-state index in [-0.39, 0.29) is 22.5 Å². The van der Waals surface area contributed by atoms with Gasteiger partial charge < -0.3 is 34.5 Å². The quantitative estimate of drug-likeness (QED) is 0.538. The highest BCUT2D eigenvalue weighted by Crippen LogP contribution is 2.42. The zero-order chi connectivity index (χ0) is 20.4. The van der Waals surface area contributed by atoms with E-state index in [1.807, 2.05) is 0 Å². The van der Waals surface area contributed by atoms with Crippen molar-refractivity contribution in [3.8, 4) is 11.1 Å². The number of ether oxygens (including phenoxy) is 3. The number of hydrogen-bond donors (Lipinski definition) is 4. The summed E-state index contributed by atoms with van der Waals surface area (Å²) in [5.41, 5.74) is 0.837. The summed E-state index contributed by atoms with van der Waals surface area (Å²) in [6, 6.07) is 8.68. The van der Waals surface area contributed by atoms with Crippen LogP contribution in [0, 0.1) is 0 Å². The minimum Gasteiger partial charge on any atom is -0.464 e. The summed E-state index contributed by atoms with van der Waals surface area (Å²) >= 11 is 0. The van der Waals surface area contributed by atoms with Crippen molar-refractivity contribution >= 4 is 11.9 Å². The lowest BCUT2D eigenvalue weighted by molar-refractivity contribution is -0.0229. The molecule has 9 heteroatoms. The summed E-state index contributed by atoms with van der Waals surface area (Å²) < 4.78 is 15.2. The molecule has 150 valence electrons. The van der Waals surface area contributed by atoms with E-state index in [9.17, 15) is 24.9 Å². The second kappa shape index (κ2) is 8.11. The molecule has 0 spiro atoms. The molecule has 0 radical (unpaired) electrons. The monoisotopic (exact) mass is 391 g/mol. The number of rotatable bonds is 5. The number of methoxy groups -OCH3 is 2. The van der Waals surface area contributed by atoms with Gasteiger partial charge in [0.15, 0.2) is 0 Å². The Kier molecular flexibility index (Phi) is 5.80. The van der Waals surface area contributed by atoms with Crippen LogP contribution in [0.5, 0.6) is 0 Å². The Morgan fingerprint density at radius 2 is 1.64 bits per heavy atom. The lowest BCUT2D eigenvalue weighted by Crippen LogP contribution is -2.32. The van der Waals surface area contributed by atoms with Crippen LogP contribution in [0.2, 0.25) is 0 Å². The van der Waals surface area contributed by atoms with Crippen molar-refractivity contribution in [2.24, 2.45) is 0 Å². The molecule has 9 nitrogen and oxygen atoms in total. The standard InChI is InChI=1S/C19H21NO8/c1-26-18(24)13-11(9-6-4-3-5-7-9)12(14(20-13)19(25)27-2)17-16(23)15(22)10(8-21)28-17/h3-7,10,15-17,20-23H,8H2,1-2H3. The van der Waals surface area contributed by atoms with Gasteiger partial charge in [0.2, 0.25) is 0 Å². The highest BCUT2D eigenvalue weighted by Gasteiger charge is 2.47. The van der Waals surface area contributed by atoms with Gasteiger partial charge in [0.05, 0.1) is 20.8 Å². The van der Waals surface area contributed by atoms with Gasteiger partial charge in [-0.25, -0.2) is 9.59 Å². The average Bonchev–Trinajstić information content (AvgIpc) is 3.25. The summed E-state index contributed by atoms with van der Waals surface area (Å²) in [6.07, 6.45) is -5.05. The largest absolute Gasteiger partial charge is 0.464 e. The number of carbonyl (C=O) groups is 2. The number of hydrogen-bond acceptors (Lipinski definition) is 8. The molecule has 4 unspecified atom stereocenters. The molecular formula is C19H21NO8. The molecule has 0 aliphatic carbocycles. The first-order valence-corrected chi connectivity index (χ1v) is 8.54. The van der Waals surface area contributed by atoms with Crippen molar-refractivity contribution < 1.29 is 39.1 Å². The van der Waals surface area contributed by atoms with Gasteiger partial charge in [-0.05, 0) is 5.56 Å². The number of aliphatic hydroxyl groups excluding tert-OH is 3. The van der Waals surface area contributed by atoms with Gasteiger partial charge in [-0.1, -0.05) is 30.3 Å². The second-order valence-corrected chi connectivity index (χ2v) is 6.27. The van der Waals surface area contributed by atoms with E-state index in [0.717, 1.165) is 0 Å². The summed E-state index contributed by atoms with van der Waals surface area (Å²) in [5, 5.41) is 30.0. The fourth-order valence-electron chi connectivity index (χ4n) is 3.36. The summed E-state index contributed by atoms with van der Waals surface area (Å²) in [6.45, 7) is -0.531. The number of aromatic nitrogens is 1. The third kappa shape index (κ3) is 3.29. The van der Waals surface area contributed by atoms with Crippen molar-refractivity contribution in [1.82, 2.24) is 4.98 Å². The van der Waals surface area contributed by atoms with E-state index in [2.05, 4.69) is 4.98 Å². The van der Waals surface area contributed by atoms with Crippen LogP contribution in [0.25, 0.3) is 11.1 Å². The third-order valence-electron chi connectivity index (χ3n) is 4.71. The molecule has 0 amide bonds. The van der Waals surface area contributed by atoms with Crippen LogP contribution in [0.15, 0.2) is 30.3 Å². The van der Waals surface area contributed by atoms with Gasteiger partial charge in [0, 0.05) is 11.1 Å². The molecule has 1 aromatic carbocycles. The molecule has 2 aromatic rings. The molecule has 3 rings (SSSR count). The van der Waals surface area contributed by atoms with E-state index in [1.54, 1.807) is 30.3 Å². The summed E-state index contributed by atoms with van der Waals surface area (Å²) in [5.74, 6) is -1.53. The predicted molar refractivity (Wildman–Crippen MR) is 95.6 cm³/mol. The lowest BCUT2D eigenvalue weighted by Gasteiger charge is -2.18. The molecule has 1 aliphatic rings. The Hall–Kier alpha value is -2.72. The molecule has 1 aromatic heterocycles. The van der Waals surface area contributed by atoms with Crippen molar-refractivity contribution in [3.63, 3.8) is 0 Å². The molecule has 1 fully saturated rings. The minimum atomic E-state index is -1.44. The Bertz CT molecular complexity index is 862. The molecule has 4 N–H and O–H groups in total. The fraction of sp³-hybridized carbons (Fsp3) is 0.368. The van der Waals surface area contributed by atoms with Crippen LogP contribution in [-0.2, 0) is 14.2 Å². The van der Waals surface area contributed by atoms with E-state index in [0.29, 0.717) is 5.56 Å². The Balaban J connectivity index is 2.28. The summed E-state index contributed by atoms with van der Waals surface area (Å²) in [4.78, 5) is 27.5. The molecule has 2 heterocycles. The van der Waals surface area contributed by atoms with Crippen LogP contribution in [0.4, 0.5) is 0 Å². The molecule has 0 saturated carbocycles. The zero-order valence-corrected chi connectivity index (χ0v) is 15.3. The molecule has 1 saturated heterocycles. The number of nitrogens with one attached hydrogen (secondary N) is 1. The van der Waals surface area contributed by atoms with E-state index < -0.39 is 43.0 Å². The number of benzene rings is 1. The SMILES string of the molecule is COC(=O)c1[nH]c(C(=O)OC)c(C2OC(CO)C(O)C2O)c1-c1ccccc1. The van der Waals surface area contributed by atoms with E-state index >= 15 is 0 Å². The number of H-pyrrole nitrogens is 1. The molecule has 0 bridgehead atoms. The topological polar surface area (TPSA) is 138 Å². The van der Waals surface area contributed by atoms with E-state index in [4.69, 9.17) is 14.2 Å². The molecule has 1 aliphatic heterocycles. The van der Waals surface area contributed by atoms with Crippen LogP contribution >= 0.6 is 0 Å². The molecule has 28 heavy (non-hydrogen) atoms. The fourth-order valence-corrected chi connectivity index (χ4v) is 3.36. The van der Waals surface area contributed by atoms with Gasteiger partial charge in [-0.15, -0.1) is 0 Å². The van der Waals surface area contributed by atoms with Crippen molar-refractivity contribution in [3.05, 3.63) is 47.3 Å². The van der Waals surface area contributed by atoms with Crippen molar-refractivity contribution in [2.75, 3.05) is 20.8 Å². The molecular weight excluding hydrogens is 370 g/mol. The molecule has 4 atom stereocenters. The minimum absolute atomic E-state index is 0.0261. The Labute approximate surface area is 160 Å². The van der Waals surface area contributed by atoms with Crippen LogP contribution in [0.1, 0.15) is 32.6 Å². The lowest BCUT2D eigenvalue weighted by atomic mass is 9.93. The van der Waals surface area contributed by atoms with Crippen LogP contribution in [-0.4, -0.2) is 71.4 Å². The highest BCUT2D eigenvalue weighted by atomic mass is 16.6. The first-order chi connectivity index (χ1) is 13.4. The maximum absolute atomic E-state index is 12.4. The third-order valence-corrected chi connectivity index (χ3v) is 4.71. The van der Waals surface area contributed by atoms with Gasteiger partial charge in [0.25, 0.3) is 0 Å². The van der Waals surface area contributed by atoms with Gasteiger partial charge >= 0.3 is 11.9 Å². The van der Waals surface area contributed by atoms with Gasteiger partial charge in [-0.3, -0.25) is 0 Å². The normalized spacial score (nSPS) is 24.2. The Morgan fingerprint density at radius 1 is 1.04 bits per heavy atom. The maximum Gasteiger partial charge on any atom is 0.355 e. The van der Waals surface area contributed by atoms with Crippen LogP contribution in [0.3, 0.4) is 0 Å². The Morgan fingerprint density at radius 3 is 2.18 bits per heavy atom. The van der Waals surface area contributed by atoms with Crippen molar-refractivity contribution in [1.29, 1.82) is 0 Å². The first-order valence-electron chi connectivity index (χ1n) is 8.54. The smallest absolute Gasteiger partial charge is 0.355 e. The van der Waals surface area contributed by atoms with Gasteiger partial charge in [0.1, 0.15) is 35.8 Å². The average molecular weight is 391 g/mol. The number of esters is 2. The van der Waals surface area contributed by atoms with E-state index in [1.165, 1.54) is 14.2 Å². The number of aliphatic hydroxyl groups is 3. The zero-order valence-electron chi connectivity index (χ0n) is 15.3. The van der Waals surface area contributed by atoms with Crippen molar-refractivity contribution in [2.45, 2.75) is 24.4 Å². The number of aromatic amines is 1. The van der Waals surface area contributed by atoms with Gasteiger partial charge in [-0.2, -0.15) is 0 Å². The first kappa shape index (κ1) is 20.0. The van der Waals surface area contributed by atoms with Crippen LogP contribution < -0.4 is 0 Å². The summed E-state index contributed by atoms with van der Waals surface area (Å²) in [7, 11) is 2.37. The highest BCUT2D eigenvalue weighted by molar-refractivity contribution is 6.02. The maximum atomic E-state index is 12.4. The second-order valence-electron chi connectivity index (χ2n) is 6.27. The number of carbonyl (C=O) groups excluding carboxylic acids is 2. The predicted octanol–water partition coefficient (Wildman–Crippen LogP) is 0.409.